The number of rotatable bonds is 15. The number of nitrogens with zero attached hydrogens (tertiary/aromatic N) is 1. The third-order valence-electron chi connectivity index (χ3n) is 6.93. The first-order chi connectivity index (χ1) is 20.2. The van der Waals surface area contributed by atoms with E-state index in [-0.39, 0.29) is 12.3 Å². The highest BCUT2D eigenvalue weighted by Crippen LogP contribution is 2.29. The van der Waals surface area contributed by atoms with Crippen LogP contribution in [0.15, 0.2) is 42.5 Å². The third kappa shape index (κ3) is 11.6. The summed E-state index contributed by atoms with van der Waals surface area (Å²) in [5.74, 6) is -1.87. The Bertz CT molecular complexity index is 1260. The van der Waals surface area contributed by atoms with Crippen molar-refractivity contribution in [3.05, 3.63) is 59.2 Å². The lowest BCUT2D eigenvalue weighted by Gasteiger charge is -2.34. The lowest BCUT2D eigenvalue weighted by atomic mass is 9.99. The molecule has 10 heteroatoms. The first kappa shape index (κ1) is 35.1. The smallest absolute Gasteiger partial charge is 0.408 e. The van der Waals surface area contributed by atoms with Gasteiger partial charge in [0.25, 0.3) is 5.91 Å². The summed E-state index contributed by atoms with van der Waals surface area (Å²) in [6.07, 6.45) is 4.28. The van der Waals surface area contributed by atoms with Gasteiger partial charge in [0.15, 0.2) is 0 Å². The van der Waals surface area contributed by atoms with Gasteiger partial charge in [0.1, 0.15) is 23.4 Å². The van der Waals surface area contributed by atoms with E-state index in [0.717, 1.165) is 37.7 Å². The van der Waals surface area contributed by atoms with E-state index in [9.17, 15) is 24.3 Å². The monoisotopic (exact) mass is 596 g/mol. The zero-order valence-electron chi connectivity index (χ0n) is 26.4. The molecule has 0 fully saturated rings. The van der Waals surface area contributed by atoms with E-state index in [0.29, 0.717) is 23.2 Å². The highest BCUT2D eigenvalue weighted by Gasteiger charge is 2.37. The lowest BCUT2D eigenvalue weighted by Crippen LogP contribution is -2.53. The summed E-state index contributed by atoms with van der Waals surface area (Å²) in [5, 5.41) is 15.7. The Kier molecular flexibility index (Phi) is 13.5. The summed E-state index contributed by atoms with van der Waals surface area (Å²) < 4.78 is 5.35. The van der Waals surface area contributed by atoms with Crippen LogP contribution >= 0.6 is 0 Å². The number of carbonyl (C=O) groups excluding carboxylic acids is 4. The number of phenols is 1. The van der Waals surface area contributed by atoms with E-state index >= 15 is 0 Å². The quantitative estimate of drug-likeness (QED) is 0.195. The van der Waals surface area contributed by atoms with E-state index < -0.39 is 47.9 Å². The minimum Gasteiger partial charge on any atom is -0.508 e. The van der Waals surface area contributed by atoms with Gasteiger partial charge in [-0.15, -0.1) is 0 Å². The number of hydrogen-bond acceptors (Lipinski definition) is 6. The Morgan fingerprint density at radius 3 is 2.21 bits per heavy atom. The number of alkyl carbamates (subject to hydrolysis) is 1. The Balaban J connectivity index is 2.56. The first-order valence-electron chi connectivity index (χ1n) is 15.0. The Labute approximate surface area is 255 Å². The lowest BCUT2D eigenvalue weighted by molar-refractivity contribution is -0.142. The van der Waals surface area contributed by atoms with Crippen LogP contribution in [0.25, 0.3) is 0 Å². The third-order valence-corrected chi connectivity index (χ3v) is 6.93. The SMILES string of the molecule is CCCCCCCCN(C(=O)C(CC(N)=O)NC(=O)OC(C)(C)C)C(C(=O)Nc1ccccc1C)c1ccc(O)c(C)c1. The number of para-hydroxylation sites is 1. The van der Waals surface area contributed by atoms with E-state index in [2.05, 4.69) is 17.6 Å². The molecule has 0 bridgehead atoms. The van der Waals surface area contributed by atoms with Crippen molar-refractivity contribution >= 4 is 29.5 Å². The van der Waals surface area contributed by atoms with E-state index in [4.69, 9.17) is 10.5 Å². The van der Waals surface area contributed by atoms with Gasteiger partial charge in [0.05, 0.1) is 6.42 Å². The minimum absolute atomic E-state index is 0.0498. The van der Waals surface area contributed by atoms with Crippen LogP contribution < -0.4 is 16.4 Å². The zero-order valence-corrected chi connectivity index (χ0v) is 26.4. The average Bonchev–Trinajstić information content (AvgIpc) is 2.91. The Morgan fingerprint density at radius 1 is 0.953 bits per heavy atom. The molecular formula is C33H48N4O6. The molecule has 2 aromatic rings. The van der Waals surface area contributed by atoms with Crippen LogP contribution in [0, 0.1) is 13.8 Å². The molecule has 0 aliphatic rings. The van der Waals surface area contributed by atoms with Crippen molar-refractivity contribution in [2.75, 3.05) is 11.9 Å². The average molecular weight is 597 g/mol. The summed E-state index contributed by atoms with van der Waals surface area (Å²) in [6.45, 7) is 10.9. The largest absolute Gasteiger partial charge is 0.508 e. The number of nitrogens with two attached hydrogens (primary N) is 1. The van der Waals surface area contributed by atoms with Gasteiger partial charge in [0.2, 0.25) is 11.8 Å². The van der Waals surface area contributed by atoms with Crippen molar-refractivity contribution in [2.45, 2.75) is 104 Å². The fourth-order valence-electron chi connectivity index (χ4n) is 4.72. The van der Waals surface area contributed by atoms with E-state index in [1.54, 1.807) is 52.0 Å². The Morgan fingerprint density at radius 2 is 1.60 bits per heavy atom. The van der Waals surface area contributed by atoms with E-state index in [1.165, 1.54) is 11.0 Å². The zero-order chi connectivity index (χ0) is 32.2. The molecular weight excluding hydrogens is 548 g/mol. The van der Waals surface area contributed by atoms with Gasteiger partial charge in [-0.05, 0) is 75.9 Å². The normalized spacial score (nSPS) is 12.6. The maximum absolute atomic E-state index is 14.3. The molecule has 0 aliphatic heterocycles. The highest BCUT2D eigenvalue weighted by atomic mass is 16.6. The number of amides is 4. The van der Waals surface area contributed by atoms with Crippen molar-refractivity contribution in [3.8, 4) is 5.75 Å². The standard InChI is InChI=1S/C33H48N4O6/c1-7-8-9-10-11-14-19-37(31(41)26(21-28(34)39)36-32(42)43-33(4,5)6)29(24-17-18-27(38)23(3)20-24)30(40)35-25-16-13-12-15-22(25)2/h12-13,15-18,20,26,29,38H,7-11,14,19,21H2,1-6H3,(H2,34,39)(H,35,40)(H,36,42). The fraction of sp³-hybridized carbons (Fsp3) is 0.515. The van der Waals surface area contributed by atoms with Crippen LogP contribution in [0.5, 0.6) is 5.75 Å². The van der Waals surface area contributed by atoms with Gasteiger partial charge in [-0.25, -0.2) is 4.79 Å². The molecule has 10 nitrogen and oxygen atoms in total. The summed E-state index contributed by atoms with van der Waals surface area (Å²) in [5.41, 5.74) is 7.07. The van der Waals surface area contributed by atoms with Gasteiger partial charge in [0, 0.05) is 12.2 Å². The fourth-order valence-corrected chi connectivity index (χ4v) is 4.72. The number of nitrogens with one attached hydrogen (secondary N) is 2. The molecule has 2 atom stereocenters. The minimum atomic E-state index is -1.36. The molecule has 0 aliphatic carbocycles. The van der Waals surface area contributed by atoms with Crippen LogP contribution in [-0.4, -0.2) is 52.0 Å². The maximum atomic E-state index is 14.3. The van der Waals surface area contributed by atoms with Gasteiger partial charge < -0.3 is 31.1 Å². The number of benzene rings is 2. The second-order valence-corrected chi connectivity index (χ2v) is 11.9. The molecule has 2 rings (SSSR count). The van der Waals surface area contributed by atoms with Crippen LogP contribution in [0.3, 0.4) is 0 Å². The van der Waals surface area contributed by atoms with Crippen molar-refractivity contribution < 1.29 is 29.0 Å². The van der Waals surface area contributed by atoms with E-state index in [1.807, 2.05) is 19.1 Å². The Hall–Kier alpha value is -4.08. The molecule has 43 heavy (non-hydrogen) atoms. The molecule has 2 unspecified atom stereocenters. The molecule has 5 N–H and O–H groups in total. The van der Waals surface area contributed by atoms with Gasteiger partial charge in [-0.2, -0.15) is 0 Å². The number of aromatic hydroxyl groups is 1. The molecule has 0 heterocycles. The topological polar surface area (TPSA) is 151 Å². The summed E-state index contributed by atoms with van der Waals surface area (Å²) >= 11 is 0. The number of aryl methyl sites for hydroxylation is 2. The molecule has 236 valence electrons. The molecule has 0 saturated carbocycles. The molecule has 0 radical (unpaired) electrons. The maximum Gasteiger partial charge on any atom is 0.408 e. The van der Waals surface area contributed by atoms with Crippen molar-refractivity contribution in [3.63, 3.8) is 0 Å². The number of primary amides is 1. The predicted molar refractivity (Wildman–Crippen MR) is 167 cm³/mol. The molecule has 0 saturated heterocycles. The predicted octanol–water partition coefficient (Wildman–Crippen LogP) is 5.65. The van der Waals surface area contributed by atoms with Crippen molar-refractivity contribution in [2.24, 2.45) is 5.73 Å². The van der Waals surface area contributed by atoms with Crippen LogP contribution in [0.4, 0.5) is 10.5 Å². The second kappa shape index (κ2) is 16.5. The molecule has 4 amide bonds. The number of phenolic OH excluding ortho intramolecular Hbond substituents is 1. The number of carbonyl (C=O) groups is 4. The molecule has 0 aromatic heterocycles. The first-order valence-corrected chi connectivity index (χ1v) is 15.0. The van der Waals surface area contributed by atoms with Gasteiger partial charge in [-0.1, -0.05) is 63.3 Å². The molecule has 2 aromatic carbocycles. The summed E-state index contributed by atoms with van der Waals surface area (Å²) in [7, 11) is 0. The van der Waals surface area contributed by atoms with Crippen LogP contribution in [0.1, 0.15) is 95.4 Å². The summed E-state index contributed by atoms with van der Waals surface area (Å²) in [4.78, 5) is 54.5. The number of hydrogen-bond donors (Lipinski definition) is 4. The number of unbranched alkanes of at least 4 members (excludes halogenated alkanes) is 5. The molecule has 0 spiro atoms. The van der Waals surface area contributed by atoms with Crippen molar-refractivity contribution in [1.82, 2.24) is 10.2 Å². The second-order valence-electron chi connectivity index (χ2n) is 11.9. The highest BCUT2D eigenvalue weighted by molar-refractivity contribution is 6.00. The summed E-state index contributed by atoms with van der Waals surface area (Å²) in [6, 6.07) is 9.52. The van der Waals surface area contributed by atoms with Gasteiger partial charge in [-0.3, -0.25) is 14.4 Å². The number of ether oxygens (including phenoxy) is 1. The number of anilines is 1. The van der Waals surface area contributed by atoms with Crippen LogP contribution in [0.2, 0.25) is 0 Å². The van der Waals surface area contributed by atoms with Crippen molar-refractivity contribution in [1.29, 1.82) is 0 Å². The van der Waals surface area contributed by atoms with Gasteiger partial charge >= 0.3 is 6.09 Å². The van der Waals surface area contributed by atoms with Crippen LogP contribution in [-0.2, 0) is 19.1 Å².